The molecule has 0 spiro atoms. The van der Waals surface area contributed by atoms with E-state index < -0.39 is 5.97 Å². The number of nitrogens with one attached hydrogen (secondary N) is 2. The Hall–Kier alpha value is -2.37. The molecular formula is C15H20N2O4. The van der Waals surface area contributed by atoms with Crippen LogP contribution in [0, 0.1) is 5.92 Å². The molecule has 0 aliphatic rings. The van der Waals surface area contributed by atoms with E-state index in [1.54, 1.807) is 38.2 Å². The fraction of sp³-hybridized carbons (Fsp3) is 0.400. The largest absolute Gasteiger partial charge is 0.481 e. The molecule has 0 radical (unpaired) electrons. The number of carboxylic acids is 1. The molecule has 0 saturated heterocycles. The zero-order chi connectivity index (χ0) is 15.8. The summed E-state index contributed by atoms with van der Waals surface area (Å²) in [5.41, 5.74) is 1.43. The average Bonchev–Trinajstić information content (AvgIpc) is 2.43. The SMILES string of the molecule is CNC(=O)c1ccc(CNC(=O)CC(C)CC(=O)O)cc1. The highest BCUT2D eigenvalue weighted by molar-refractivity contribution is 5.93. The summed E-state index contributed by atoms with van der Waals surface area (Å²) in [4.78, 5) is 33.6. The van der Waals surface area contributed by atoms with E-state index >= 15 is 0 Å². The summed E-state index contributed by atoms with van der Waals surface area (Å²) in [6.07, 6.45) is 0.164. The second kappa shape index (κ2) is 8.04. The smallest absolute Gasteiger partial charge is 0.303 e. The van der Waals surface area contributed by atoms with Gasteiger partial charge < -0.3 is 15.7 Å². The molecule has 0 heterocycles. The van der Waals surface area contributed by atoms with Crippen LogP contribution >= 0.6 is 0 Å². The number of carboxylic acid groups (broad SMARTS) is 1. The van der Waals surface area contributed by atoms with Crippen molar-refractivity contribution in [1.29, 1.82) is 0 Å². The van der Waals surface area contributed by atoms with Gasteiger partial charge in [0.2, 0.25) is 5.91 Å². The summed E-state index contributed by atoms with van der Waals surface area (Å²) in [5.74, 6) is -1.44. The fourth-order valence-electron chi connectivity index (χ4n) is 1.88. The van der Waals surface area contributed by atoms with Crippen LogP contribution in [0.15, 0.2) is 24.3 Å². The number of hydrogen-bond acceptors (Lipinski definition) is 3. The number of benzene rings is 1. The molecule has 0 aliphatic carbocycles. The predicted octanol–water partition coefficient (Wildman–Crippen LogP) is 1.16. The van der Waals surface area contributed by atoms with E-state index in [4.69, 9.17) is 5.11 Å². The molecule has 0 aliphatic heterocycles. The summed E-state index contributed by atoms with van der Waals surface area (Å²) in [6, 6.07) is 6.91. The molecular weight excluding hydrogens is 272 g/mol. The molecule has 1 unspecified atom stereocenters. The minimum atomic E-state index is -0.903. The van der Waals surface area contributed by atoms with E-state index in [1.165, 1.54) is 0 Å². The summed E-state index contributed by atoms with van der Waals surface area (Å²) < 4.78 is 0. The normalized spacial score (nSPS) is 11.5. The molecule has 0 fully saturated rings. The lowest BCUT2D eigenvalue weighted by molar-refractivity contribution is -0.138. The maximum atomic E-state index is 11.7. The Bertz CT molecular complexity index is 511. The van der Waals surface area contributed by atoms with E-state index in [0.717, 1.165) is 5.56 Å². The van der Waals surface area contributed by atoms with E-state index in [0.29, 0.717) is 12.1 Å². The summed E-state index contributed by atoms with van der Waals surface area (Å²) >= 11 is 0. The molecule has 0 aromatic heterocycles. The Morgan fingerprint density at radius 3 is 2.29 bits per heavy atom. The molecule has 0 bridgehead atoms. The molecule has 6 nitrogen and oxygen atoms in total. The first-order chi connectivity index (χ1) is 9.92. The molecule has 2 amide bonds. The molecule has 3 N–H and O–H groups in total. The third kappa shape index (κ3) is 6.07. The Morgan fingerprint density at radius 1 is 1.14 bits per heavy atom. The van der Waals surface area contributed by atoms with Crippen molar-refractivity contribution in [3.8, 4) is 0 Å². The molecule has 1 atom stereocenters. The topological polar surface area (TPSA) is 95.5 Å². The maximum absolute atomic E-state index is 11.7. The first-order valence-corrected chi connectivity index (χ1v) is 6.72. The van der Waals surface area contributed by atoms with Crippen molar-refractivity contribution in [1.82, 2.24) is 10.6 Å². The van der Waals surface area contributed by atoms with Crippen LogP contribution in [-0.2, 0) is 16.1 Å². The minimum absolute atomic E-state index is 0.0196. The summed E-state index contributed by atoms with van der Waals surface area (Å²) in [6.45, 7) is 2.08. The van der Waals surface area contributed by atoms with Crippen LogP contribution in [0.1, 0.15) is 35.7 Å². The van der Waals surface area contributed by atoms with Crippen LogP contribution in [0.25, 0.3) is 0 Å². The molecule has 21 heavy (non-hydrogen) atoms. The highest BCUT2D eigenvalue weighted by Crippen LogP contribution is 2.08. The Morgan fingerprint density at radius 2 is 1.76 bits per heavy atom. The lowest BCUT2D eigenvalue weighted by Crippen LogP contribution is -2.25. The zero-order valence-corrected chi connectivity index (χ0v) is 12.2. The van der Waals surface area contributed by atoms with E-state index in [1.807, 2.05) is 0 Å². The maximum Gasteiger partial charge on any atom is 0.303 e. The van der Waals surface area contributed by atoms with E-state index in [9.17, 15) is 14.4 Å². The first-order valence-electron chi connectivity index (χ1n) is 6.72. The average molecular weight is 292 g/mol. The monoisotopic (exact) mass is 292 g/mol. The number of carbonyl (C=O) groups is 3. The van der Waals surface area contributed by atoms with Gasteiger partial charge in [0.1, 0.15) is 0 Å². The van der Waals surface area contributed by atoms with Gasteiger partial charge >= 0.3 is 5.97 Å². The van der Waals surface area contributed by atoms with Gasteiger partial charge in [-0.15, -0.1) is 0 Å². The van der Waals surface area contributed by atoms with Crippen LogP contribution in [0.5, 0.6) is 0 Å². The van der Waals surface area contributed by atoms with Gasteiger partial charge in [0, 0.05) is 32.0 Å². The third-order valence-corrected chi connectivity index (χ3v) is 2.99. The lowest BCUT2D eigenvalue weighted by atomic mass is 10.0. The van der Waals surface area contributed by atoms with Gasteiger partial charge in [-0.1, -0.05) is 19.1 Å². The Kier molecular flexibility index (Phi) is 6.39. The fourth-order valence-corrected chi connectivity index (χ4v) is 1.88. The molecule has 1 aromatic carbocycles. The van der Waals surface area contributed by atoms with E-state index in [2.05, 4.69) is 10.6 Å². The van der Waals surface area contributed by atoms with Crippen molar-refractivity contribution in [2.24, 2.45) is 5.92 Å². The van der Waals surface area contributed by atoms with Crippen molar-refractivity contribution in [2.45, 2.75) is 26.3 Å². The van der Waals surface area contributed by atoms with Crippen LogP contribution < -0.4 is 10.6 Å². The van der Waals surface area contributed by atoms with Gasteiger partial charge in [0.25, 0.3) is 5.91 Å². The first kappa shape index (κ1) is 16.7. The number of carbonyl (C=O) groups excluding carboxylic acids is 2. The van der Waals surface area contributed by atoms with Crippen molar-refractivity contribution in [3.63, 3.8) is 0 Å². The van der Waals surface area contributed by atoms with Crippen LogP contribution in [-0.4, -0.2) is 29.9 Å². The molecule has 6 heteroatoms. The summed E-state index contributed by atoms with van der Waals surface area (Å²) in [7, 11) is 1.56. The highest BCUT2D eigenvalue weighted by Gasteiger charge is 2.12. The lowest BCUT2D eigenvalue weighted by Gasteiger charge is -2.09. The van der Waals surface area contributed by atoms with Gasteiger partial charge in [-0.05, 0) is 23.6 Å². The highest BCUT2D eigenvalue weighted by atomic mass is 16.4. The van der Waals surface area contributed by atoms with Gasteiger partial charge in [-0.2, -0.15) is 0 Å². The number of amides is 2. The Balaban J connectivity index is 2.42. The van der Waals surface area contributed by atoms with Crippen molar-refractivity contribution < 1.29 is 19.5 Å². The van der Waals surface area contributed by atoms with Gasteiger partial charge in [0.05, 0.1) is 0 Å². The van der Waals surface area contributed by atoms with Crippen LogP contribution in [0.3, 0.4) is 0 Å². The summed E-state index contributed by atoms with van der Waals surface area (Å²) in [5, 5.41) is 13.9. The second-order valence-corrected chi connectivity index (χ2v) is 4.96. The molecule has 1 aromatic rings. The van der Waals surface area contributed by atoms with Gasteiger partial charge in [-0.25, -0.2) is 0 Å². The number of hydrogen-bond donors (Lipinski definition) is 3. The van der Waals surface area contributed by atoms with Gasteiger partial charge in [0.15, 0.2) is 0 Å². The standard InChI is InChI=1S/C15H20N2O4/c1-10(8-14(19)20)7-13(18)17-9-11-3-5-12(6-4-11)15(21)16-2/h3-6,10H,7-9H2,1-2H3,(H,16,21)(H,17,18)(H,19,20). The van der Waals surface area contributed by atoms with Crippen LogP contribution in [0.2, 0.25) is 0 Å². The second-order valence-electron chi connectivity index (χ2n) is 4.96. The molecule has 1 rings (SSSR count). The van der Waals surface area contributed by atoms with Crippen molar-refractivity contribution in [2.75, 3.05) is 7.05 Å². The van der Waals surface area contributed by atoms with Gasteiger partial charge in [-0.3, -0.25) is 14.4 Å². The Labute approximate surface area is 123 Å². The predicted molar refractivity (Wildman–Crippen MR) is 77.7 cm³/mol. The minimum Gasteiger partial charge on any atom is -0.481 e. The number of aliphatic carboxylic acids is 1. The zero-order valence-electron chi connectivity index (χ0n) is 12.2. The third-order valence-electron chi connectivity index (χ3n) is 2.99. The van der Waals surface area contributed by atoms with Crippen molar-refractivity contribution >= 4 is 17.8 Å². The van der Waals surface area contributed by atoms with Crippen molar-refractivity contribution in [3.05, 3.63) is 35.4 Å². The van der Waals surface area contributed by atoms with Crippen LogP contribution in [0.4, 0.5) is 0 Å². The molecule has 114 valence electrons. The quantitative estimate of drug-likeness (QED) is 0.703. The molecule has 0 saturated carbocycles. The number of rotatable bonds is 7. The van der Waals surface area contributed by atoms with E-state index in [-0.39, 0.29) is 30.6 Å².